The predicted molar refractivity (Wildman–Crippen MR) is 110 cm³/mol. The molecule has 0 spiro atoms. The van der Waals surface area contributed by atoms with E-state index in [0.717, 1.165) is 36.8 Å². The fourth-order valence-electron chi connectivity index (χ4n) is 3.62. The average molecular weight is 365 g/mol. The smallest absolute Gasteiger partial charge is 0.200 e. The van der Waals surface area contributed by atoms with E-state index in [0.29, 0.717) is 5.75 Å². The molecule has 0 aliphatic carbocycles. The first-order valence-electron chi connectivity index (χ1n) is 10.8. The highest BCUT2D eigenvalue weighted by Crippen LogP contribution is 2.41. The third-order valence-corrected chi connectivity index (χ3v) is 5.21. The monoisotopic (exact) mass is 364 g/mol. The van der Waals surface area contributed by atoms with Crippen molar-refractivity contribution in [3.8, 4) is 17.2 Å². The Hall–Kier alpha value is -1.38. The number of phenols is 2. The molecule has 0 aliphatic rings. The highest BCUT2D eigenvalue weighted by molar-refractivity contribution is 5.57. The number of rotatable bonds is 15. The summed E-state index contributed by atoms with van der Waals surface area (Å²) in [7, 11) is 1.58. The fourth-order valence-corrected chi connectivity index (χ4v) is 3.62. The van der Waals surface area contributed by atoms with Gasteiger partial charge in [0.15, 0.2) is 11.5 Å². The summed E-state index contributed by atoms with van der Waals surface area (Å²) in [6.45, 7) is 4.47. The molecule has 0 bridgehead atoms. The Bertz CT molecular complexity index is 497. The third kappa shape index (κ3) is 7.88. The quantitative estimate of drug-likeness (QED) is 0.262. The molecule has 1 aromatic rings. The number of unbranched alkanes of at least 4 members (excludes halogenated alkanes) is 10. The van der Waals surface area contributed by atoms with Gasteiger partial charge in [0.1, 0.15) is 0 Å². The van der Waals surface area contributed by atoms with E-state index in [1.807, 2.05) is 0 Å². The highest BCUT2D eigenvalue weighted by Gasteiger charge is 2.17. The molecule has 0 radical (unpaired) electrons. The van der Waals surface area contributed by atoms with Crippen LogP contribution in [-0.2, 0) is 12.8 Å². The first-order valence-corrected chi connectivity index (χ1v) is 10.8. The van der Waals surface area contributed by atoms with E-state index in [1.54, 1.807) is 13.2 Å². The van der Waals surface area contributed by atoms with Crippen molar-refractivity contribution in [3.05, 3.63) is 17.2 Å². The van der Waals surface area contributed by atoms with Crippen LogP contribution in [0.4, 0.5) is 0 Å². The fraction of sp³-hybridized carbons (Fsp3) is 0.739. The summed E-state index contributed by atoms with van der Waals surface area (Å²) in [5.74, 6) is 0.300. The lowest BCUT2D eigenvalue weighted by Gasteiger charge is -2.17. The molecule has 0 saturated carbocycles. The summed E-state index contributed by atoms with van der Waals surface area (Å²) in [4.78, 5) is 0. The number of methoxy groups -OCH3 is 1. The molecule has 0 heterocycles. The Morgan fingerprint density at radius 3 is 1.77 bits per heavy atom. The van der Waals surface area contributed by atoms with Crippen molar-refractivity contribution in [2.45, 2.75) is 104 Å². The molecule has 150 valence electrons. The van der Waals surface area contributed by atoms with Crippen molar-refractivity contribution in [2.24, 2.45) is 0 Å². The van der Waals surface area contributed by atoms with Crippen molar-refractivity contribution in [3.63, 3.8) is 0 Å². The van der Waals surface area contributed by atoms with Gasteiger partial charge in [-0.3, -0.25) is 0 Å². The predicted octanol–water partition coefficient (Wildman–Crippen LogP) is 6.91. The molecule has 2 N–H and O–H groups in total. The molecule has 1 aromatic carbocycles. The first kappa shape index (κ1) is 22.7. The van der Waals surface area contributed by atoms with Crippen molar-refractivity contribution in [1.29, 1.82) is 0 Å². The van der Waals surface area contributed by atoms with Crippen LogP contribution in [0.1, 0.15) is 102 Å². The van der Waals surface area contributed by atoms with Crippen LogP contribution in [0.3, 0.4) is 0 Å². The van der Waals surface area contributed by atoms with E-state index < -0.39 is 0 Å². The van der Waals surface area contributed by atoms with Crippen LogP contribution >= 0.6 is 0 Å². The Labute approximate surface area is 160 Å². The molecule has 26 heavy (non-hydrogen) atoms. The lowest BCUT2D eigenvalue weighted by molar-refractivity contribution is 0.346. The van der Waals surface area contributed by atoms with Gasteiger partial charge in [0.2, 0.25) is 5.75 Å². The number of hydrogen-bond acceptors (Lipinski definition) is 3. The minimum absolute atomic E-state index is 0.0606. The zero-order valence-electron chi connectivity index (χ0n) is 17.3. The van der Waals surface area contributed by atoms with Gasteiger partial charge in [0.25, 0.3) is 0 Å². The maximum atomic E-state index is 10.2. The number of aryl methyl sites for hydroxylation is 1. The molecule has 0 unspecified atom stereocenters. The summed E-state index contributed by atoms with van der Waals surface area (Å²) in [6, 6.07) is 1.75. The van der Waals surface area contributed by atoms with Crippen LogP contribution < -0.4 is 4.74 Å². The molecule has 0 atom stereocenters. The van der Waals surface area contributed by atoms with Crippen LogP contribution in [0, 0.1) is 0 Å². The summed E-state index contributed by atoms with van der Waals surface area (Å²) < 4.78 is 5.44. The van der Waals surface area contributed by atoms with Crippen LogP contribution in [-0.4, -0.2) is 17.3 Å². The standard InChI is InChI=1S/C23H40O3/c1-4-6-8-10-12-14-16-19-18-21(24)22(25)23(26-3)20(19)17-15-13-11-9-7-5-2/h18,24-25H,4-17H2,1-3H3. The molecule has 3 nitrogen and oxygen atoms in total. The van der Waals surface area contributed by atoms with E-state index in [1.165, 1.54) is 64.2 Å². The van der Waals surface area contributed by atoms with Gasteiger partial charge in [-0.05, 0) is 37.3 Å². The number of phenolic OH excluding ortho intramolecular Hbond substituents is 2. The van der Waals surface area contributed by atoms with Crippen molar-refractivity contribution >= 4 is 0 Å². The zero-order valence-corrected chi connectivity index (χ0v) is 17.3. The van der Waals surface area contributed by atoms with Crippen LogP contribution in [0.5, 0.6) is 17.2 Å². The van der Waals surface area contributed by atoms with E-state index in [4.69, 9.17) is 4.74 Å². The molecule has 0 saturated heterocycles. The second kappa shape index (κ2) is 13.8. The van der Waals surface area contributed by atoms with Gasteiger partial charge in [0.05, 0.1) is 7.11 Å². The van der Waals surface area contributed by atoms with Crippen LogP contribution in [0.15, 0.2) is 6.07 Å². The number of ether oxygens (including phenoxy) is 1. The number of aromatic hydroxyl groups is 2. The molecule has 1 rings (SSSR count). The molecule has 0 aliphatic heterocycles. The number of hydrogen-bond donors (Lipinski definition) is 2. The molecular weight excluding hydrogens is 324 g/mol. The maximum Gasteiger partial charge on any atom is 0.200 e. The second-order valence-corrected chi connectivity index (χ2v) is 7.45. The average Bonchev–Trinajstić information content (AvgIpc) is 2.64. The van der Waals surface area contributed by atoms with Gasteiger partial charge in [-0.1, -0.05) is 78.1 Å². The van der Waals surface area contributed by atoms with Crippen molar-refractivity contribution in [2.75, 3.05) is 7.11 Å². The Balaban J connectivity index is 2.66. The van der Waals surface area contributed by atoms with Crippen LogP contribution in [0.25, 0.3) is 0 Å². The summed E-state index contributed by atoms with van der Waals surface area (Å²) >= 11 is 0. The lowest BCUT2D eigenvalue weighted by atomic mass is 9.94. The minimum atomic E-state index is -0.111. The van der Waals surface area contributed by atoms with E-state index >= 15 is 0 Å². The molecular formula is C23H40O3. The van der Waals surface area contributed by atoms with Gasteiger partial charge < -0.3 is 14.9 Å². The molecule has 0 fully saturated rings. The topological polar surface area (TPSA) is 49.7 Å². The Morgan fingerprint density at radius 2 is 1.23 bits per heavy atom. The van der Waals surface area contributed by atoms with Crippen molar-refractivity contribution < 1.29 is 14.9 Å². The van der Waals surface area contributed by atoms with Gasteiger partial charge in [0, 0.05) is 5.56 Å². The summed E-state index contributed by atoms with van der Waals surface area (Å²) in [5, 5.41) is 20.2. The van der Waals surface area contributed by atoms with Gasteiger partial charge in [-0.2, -0.15) is 0 Å². The molecule has 0 amide bonds. The first-order chi connectivity index (χ1) is 12.7. The Kier molecular flexibility index (Phi) is 12.0. The summed E-state index contributed by atoms with van der Waals surface area (Å²) in [6.07, 6.45) is 16.8. The minimum Gasteiger partial charge on any atom is -0.504 e. The van der Waals surface area contributed by atoms with E-state index in [-0.39, 0.29) is 11.5 Å². The molecule has 0 aromatic heterocycles. The highest BCUT2D eigenvalue weighted by atomic mass is 16.5. The van der Waals surface area contributed by atoms with Gasteiger partial charge in [-0.25, -0.2) is 0 Å². The SMILES string of the molecule is CCCCCCCCc1cc(O)c(O)c(OC)c1CCCCCCCC. The number of benzene rings is 1. The van der Waals surface area contributed by atoms with Crippen LogP contribution in [0.2, 0.25) is 0 Å². The Morgan fingerprint density at radius 1 is 0.731 bits per heavy atom. The largest absolute Gasteiger partial charge is 0.504 e. The maximum absolute atomic E-state index is 10.2. The zero-order chi connectivity index (χ0) is 19.2. The van der Waals surface area contributed by atoms with Gasteiger partial charge >= 0.3 is 0 Å². The van der Waals surface area contributed by atoms with Gasteiger partial charge in [-0.15, -0.1) is 0 Å². The second-order valence-electron chi connectivity index (χ2n) is 7.45. The lowest BCUT2D eigenvalue weighted by Crippen LogP contribution is -2.01. The normalized spacial score (nSPS) is 11.0. The van der Waals surface area contributed by atoms with E-state index in [2.05, 4.69) is 13.8 Å². The third-order valence-electron chi connectivity index (χ3n) is 5.21. The van der Waals surface area contributed by atoms with Crippen molar-refractivity contribution in [1.82, 2.24) is 0 Å². The molecule has 3 heteroatoms. The van der Waals surface area contributed by atoms with E-state index in [9.17, 15) is 10.2 Å². The summed E-state index contributed by atoms with van der Waals surface area (Å²) in [5.41, 5.74) is 2.23.